The lowest BCUT2D eigenvalue weighted by Crippen LogP contribution is -2.24. The first kappa shape index (κ1) is 33.3. The van der Waals surface area contributed by atoms with Crippen LogP contribution in [-0.2, 0) is 37.2 Å². The molecule has 0 aliphatic carbocycles. The maximum absolute atomic E-state index is 10.5. The molecule has 0 fully saturated rings. The Balaban J connectivity index is 1.32. The van der Waals surface area contributed by atoms with Crippen LogP contribution in [-0.4, -0.2) is 36.1 Å². The molecule has 5 nitrogen and oxygen atoms in total. The van der Waals surface area contributed by atoms with Crippen LogP contribution in [0.4, 0.5) is 5.69 Å². The maximum Gasteiger partial charge on any atom is 0.127 e. The standard InChI is InChI=1S/C39H49NO4/c41-26-25-35-23-24-38(44-31-34-20-9-3-10-21-34)37(30-42)39(35)40-36(29-33-18-7-2-8-19-33)22-11-4-13-27-43-28-14-12-17-32-15-5-1-6-16-32/h1-3,5-10,15-16,18-21,23-24,36,40-42H,4,11-14,17,22,25-31H2. The molecule has 0 amide bonds. The first-order valence-electron chi connectivity index (χ1n) is 16.2. The van der Waals surface area contributed by atoms with Crippen molar-refractivity contribution in [2.75, 3.05) is 25.1 Å². The molecule has 4 rings (SSSR count). The average Bonchev–Trinajstić information content (AvgIpc) is 3.07. The minimum Gasteiger partial charge on any atom is -0.488 e. The van der Waals surface area contributed by atoms with Gasteiger partial charge in [0.15, 0.2) is 0 Å². The first-order valence-corrected chi connectivity index (χ1v) is 16.2. The van der Waals surface area contributed by atoms with Gasteiger partial charge in [-0.2, -0.15) is 0 Å². The number of hydrogen-bond donors (Lipinski definition) is 3. The molecule has 234 valence electrons. The summed E-state index contributed by atoms with van der Waals surface area (Å²) < 4.78 is 12.1. The second kappa shape index (κ2) is 19.6. The van der Waals surface area contributed by atoms with E-state index < -0.39 is 0 Å². The highest BCUT2D eigenvalue weighted by atomic mass is 16.5. The second-order valence-corrected chi connectivity index (χ2v) is 11.4. The number of nitrogens with one attached hydrogen (secondary N) is 1. The molecule has 0 bridgehead atoms. The summed E-state index contributed by atoms with van der Waals surface area (Å²) in [5, 5.41) is 24.1. The average molecular weight is 596 g/mol. The molecule has 3 N–H and O–H groups in total. The van der Waals surface area contributed by atoms with Gasteiger partial charge in [-0.15, -0.1) is 0 Å². The Hall–Kier alpha value is -3.64. The largest absolute Gasteiger partial charge is 0.488 e. The van der Waals surface area contributed by atoms with Gasteiger partial charge in [-0.05, 0) is 73.3 Å². The molecule has 0 aliphatic heterocycles. The molecule has 1 unspecified atom stereocenters. The number of rotatable bonds is 21. The monoisotopic (exact) mass is 595 g/mol. The SMILES string of the molecule is OCCc1ccc(OCc2ccccc2)c(CO)c1NC(CCCCCOCCCCc1ccccc1)Cc1ccccc1. The summed E-state index contributed by atoms with van der Waals surface area (Å²) in [5.74, 6) is 0.667. The number of anilines is 1. The number of benzene rings is 4. The van der Waals surface area contributed by atoms with E-state index in [-0.39, 0.29) is 19.3 Å². The van der Waals surface area contributed by atoms with Crippen molar-refractivity contribution in [3.63, 3.8) is 0 Å². The molecule has 0 aliphatic rings. The Morgan fingerprint density at radius 1 is 0.614 bits per heavy atom. The molecular formula is C39H49NO4. The number of unbranched alkanes of at least 4 members (excludes halogenated alkanes) is 3. The van der Waals surface area contributed by atoms with Crippen molar-refractivity contribution in [1.82, 2.24) is 0 Å². The lowest BCUT2D eigenvalue weighted by molar-refractivity contribution is 0.126. The normalized spacial score (nSPS) is 11.8. The molecule has 44 heavy (non-hydrogen) atoms. The molecule has 4 aromatic rings. The number of ether oxygens (including phenoxy) is 2. The zero-order chi connectivity index (χ0) is 30.7. The third-order valence-electron chi connectivity index (χ3n) is 7.99. The van der Waals surface area contributed by atoms with Crippen LogP contribution in [0.5, 0.6) is 5.75 Å². The van der Waals surface area contributed by atoms with Crippen LogP contribution >= 0.6 is 0 Å². The summed E-state index contributed by atoms with van der Waals surface area (Å²) in [6, 6.07) is 35.3. The van der Waals surface area contributed by atoms with Crippen LogP contribution in [0.15, 0.2) is 103 Å². The molecule has 0 radical (unpaired) electrons. The van der Waals surface area contributed by atoms with Crippen LogP contribution in [0.3, 0.4) is 0 Å². The van der Waals surface area contributed by atoms with Crippen molar-refractivity contribution >= 4 is 5.69 Å². The van der Waals surface area contributed by atoms with E-state index in [2.05, 4.69) is 59.9 Å². The van der Waals surface area contributed by atoms with Gasteiger partial charge in [0, 0.05) is 37.1 Å². The van der Waals surface area contributed by atoms with Gasteiger partial charge in [0.25, 0.3) is 0 Å². The predicted octanol–water partition coefficient (Wildman–Crippen LogP) is 7.92. The second-order valence-electron chi connectivity index (χ2n) is 11.4. The van der Waals surface area contributed by atoms with E-state index in [1.807, 2.05) is 48.5 Å². The van der Waals surface area contributed by atoms with Crippen molar-refractivity contribution in [1.29, 1.82) is 0 Å². The molecule has 4 aromatic carbocycles. The summed E-state index contributed by atoms with van der Waals surface area (Å²) in [7, 11) is 0. The summed E-state index contributed by atoms with van der Waals surface area (Å²) in [5.41, 5.74) is 6.35. The van der Waals surface area contributed by atoms with E-state index in [1.54, 1.807) is 0 Å². The molecule has 0 saturated carbocycles. The third kappa shape index (κ3) is 11.5. The Kier molecular flexibility index (Phi) is 14.8. The summed E-state index contributed by atoms with van der Waals surface area (Å²) in [6.45, 7) is 1.95. The van der Waals surface area contributed by atoms with E-state index in [4.69, 9.17) is 9.47 Å². The molecule has 0 saturated heterocycles. The molecular weight excluding hydrogens is 546 g/mol. The number of hydrogen-bond acceptors (Lipinski definition) is 5. The Bertz CT molecular complexity index is 1310. The van der Waals surface area contributed by atoms with Crippen molar-refractivity contribution in [3.05, 3.63) is 131 Å². The lowest BCUT2D eigenvalue weighted by Gasteiger charge is -2.25. The minimum atomic E-state index is -0.146. The van der Waals surface area contributed by atoms with E-state index in [1.165, 1.54) is 11.1 Å². The number of aryl methyl sites for hydroxylation is 1. The summed E-state index contributed by atoms with van der Waals surface area (Å²) in [4.78, 5) is 0. The van der Waals surface area contributed by atoms with Gasteiger partial charge < -0.3 is 25.0 Å². The van der Waals surface area contributed by atoms with Gasteiger partial charge in [0.2, 0.25) is 0 Å². The van der Waals surface area contributed by atoms with Crippen molar-refractivity contribution in [2.24, 2.45) is 0 Å². The molecule has 0 heterocycles. The topological polar surface area (TPSA) is 71.0 Å². The van der Waals surface area contributed by atoms with E-state index >= 15 is 0 Å². The van der Waals surface area contributed by atoms with Gasteiger partial charge in [-0.1, -0.05) is 110 Å². The highest BCUT2D eigenvalue weighted by Gasteiger charge is 2.18. The smallest absolute Gasteiger partial charge is 0.127 e. The molecule has 5 heteroatoms. The highest BCUT2D eigenvalue weighted by molar-refractivity contribution is 5.63. The number of aliphatic hydroxyl groups is 2. The van der Waals surface area contributed by atoms with Crippen LogP contribution < -0.4 is 10.1 Å². The Morgan fingerprint density at radius 2 is 1.25 bits per heavy atom. The fourth-order valence-corrected chi connectivity index (χ4v) is 5.59. The quantitative estimate of drug-likeness (QED) is 0.0854. The summed E-state index contributed by atoms with van der Waals surface area (Å²) >= 11 is 0. The van der Waals surface area contributed by atoms with Crippen LogP contribution in [0.1, 0.15) is 66.3 Å². The first-order chi connectivity index (χ1) is 21.8. The van der Waals surface area contributed by atoms with Crippen LogP contribution in [0.25, 0.3) is 0 Å². The molecule has 1 atom stereocenters. The van der Waals surface area contributed by atoms with Gasteiger partial charge >= 0.3 is 0 Å². The Morgan fingerprint density at radius 3 is 1.91 bits per heavy atom. The van der Waals surface area contributed by atoms with Crippen LogP contribution in [0, 0.1) is 0 Å². The predicted molar refractivity (Wildman–Crippen MR) is 180 cm³/mol. The van der Waals surface area contributed by atoms with Gasteiger partial charge in [0.05, 0.1) is 6.61 Å². The van der Waals surface area contributed by atoms with Crippen molar-refractivity contribution < 1.29 is 19.7 Å². The fourth-order valence-electron chi connectivity index (χ4n) is 5.59. The molecule has 0 spiro atoms. The van der Waals surface area contributed by atoms with Crippen LogP contribution in [0.2, 0.25) is 0 Å². The summed E-state index contributed by atoms with van der Waals surface area (Å²) in [6.07, 6.45) is 8.97. The maximum atomic E-state index is 10.5. The van der Waals surface area contributed by atoms with Gasteiger partial charge in [-0.3, -0.25) is 0 Å². The fraction of sp³-hybridized carbons (Fsp3) is 0.385. The minimum absolute atomic E-state index is 0.0410. The lowest BCUT2D eigenvalue weighted by atomic mass is 9.97. The van der Waals surface area contributed by atoms with E-state index in [0.29, 0.717) is 18.8 Å². The number of aliphatic hydroxyl groups excluding tert-OH is 2. The van der Waals surface area contributed by atoms with E-state index in [0.717, 1.165) is 87.0 Å². The zero-order valence-electron chi connectivity index (χ0n) is 26.0. The highest BCUT2D eigenvalue weighted by Crippen LogP contribution is 2.33. The van der Waals surface area contributed by atoms with Gasteiger partial charge in [0.1, 0.15) is 12.4 Å². The van der Waals surface area contributed by atoms with Crippen molar-refractivity contribution in [2.45, 2.75) is 77.0 Å². The van der Waals surface area contributed by atoms with Gasteiger partial charge in [-0.25, -0.2) is 0 Å². The third-order valence-corrected chi connectivity index (χ3v) is 7.99. The zero-order valence-corrected chi connectivity index (χ0v) is 26.0. The Labute approximate surface area is 263 Å². The van der Waals surface area contributed by atoms with Crippen molar-refractivity contribution in [3.8, 4) is 5.75 Å². The van der Waals surface area contributed by atoms with E-state index in [9.17, 15) is 10.2 Å². The molecule has 0 aromatic heterocycles.